The number of halogens is 1. The molecule has 1 aliphatic rings. The van der Waals surface area contributed by atoms with Crippen molar-refractivity contribution >= 4 is 46.4 Å². The highest BCUT2D eigenvalue weighted by Gasteiger charge is 2.26. The van der Waals surface area contributed by atoms with E-state index in [-0.39, 0.29) is 17.4 Å². The van der Waals surface area contributed by atoms with Crippen molar-refractivity contribution in [2.75, 3.05) is 0 Å². The van der Waals surface area contributed by atoms with Crippen LogP contribution in [0.25, 0.3) is 6.08 Å². The Morgan fingerprint density at radius 1 is 1.23 bits per heavy atom. The normalized spacial score (nSPS) is 15.8. The lowest BCUT2D eigenvalue weighted by Crippen LogP contribution is -2.06. The SMILES string of the molecule is O=C1OC(c2ccccc2I)=NC1=Cc1ccc([N+](=O)[O-])o1. The Hall–Kier alpha value is -2.49. The van der Waals surface area contributed by atoms with Crippen molar-refractivity contribution in [3.05, 3.63) is 67.1 Å². The van der Waals surface area contributed by atoms with Crippen molar-refractivity contribution in [3.63, 3.8) is 0 Å². The molecular weight excluding hydrogens is 403 g/mol. The van der Waals surface area contributed by atoms with Crippen molar-refractivity contribution in [1.82, 2.24) is 0 Å². The third-order valence-corrected chi connectivity index (χ3v) is 3.74. The Balaban J connectivity index is 1.94. The van der Waals surface area contributed by atoms with Gasteiger partial charge in [0.25, 0.3) is 0 Å². The minimum absolute atomic E-state index is 0.0268. The molecule has 2 heterocycles. The van der Waals surface area contributed by atoms with Crippen LogP contribution in [-0.2, 0) is 9.53 Å². The molecule has 0 N–H and O–H groups in total. The standard InChI is InChI=1S/C14H7IN2O5/c15-10-4-2-1-3-9(10)13-16-11(14(18)22-13)7-8-5-6-12(21-8)17(19)20/h1-7H. The Labute approximate surface area is 137 Å². The van der Waals surface area contributed by atoms with E-state index in [1.165, 1.54) is 18.2 Å². The number of rotatable bonds is 3. The van der Waals surface area contributed by atoms with Crippen LogP contribution in [0, 0.1) is 13.7 Å². The van der Waals surface area contributed by atoms with Gasteiger partial charge in [-0.2, -0.15) is 0 Å². The molecule has 0 radical (unpaired) electrons. The topological polar surface area (TPSA) is 94.9 Å². The monoisotopic (exact) mass is 410 g/mol. The number of hydrogen-bond acceptors (Lipinski definition) is 6. The first-order valence-corrected chi connectivity index (χ1v) is 7.14. The average molecular weight is 410 g/mol. The number of carbonyl (C=O) groups is 1. The van der Waals surface area contributed by atoms with Crippen molar-refractivity contribution in [2.24, 2.45) is 4.99 Å². The molecule has 8 heteroatoms. The number of hydrogen-bond donors (Lipinski definition) is 0. The highest BCUT2D eigenvalue weighted by molar-refractivity contribution is 14.1. The van der Waals surface area contributed by atoms with Gasteiger partial charge in [-0.1, -0.05) is 12.1 Å². The number of ether oxygens (including phenoxy) is 1. The molecule has 3 rings (SSSR count). The zero-order valence-corrected chi connectivity index (χ0v) is 13.0. The summed E-state index contributed by atoms with van der Waals surface area (Å²) in [6, 6.07) is 9.92. The zero-order chi connectivity index (χ0) is 15.7. The summed E-state index contributed by atoms with van der Waals surface area (Å²) in [7, 11) is 0. The second-order valence-corrected chi connectivity index (χ2v) is 5.41. The van der Waals surface area contributed by atoms with E-state index < -0.39 is 16.8 Å². The predicted molar refractivity (Wildman–Crippen MR) is 85.1 cm³/mol. The fourth-order valence-corrected chi connectivity index (χ4v) is 2.43. The van der Waals surface area contributed by atoms with Crippen LogP contribution in [0.3, 0.4) is 0 Å². The Morgan fingerprint density at radius 2 is 2.00 bits per heavy atom. The van der Waals surface area contributed by atoms with Crippen LogP contribution in [0.1, 0.15) is 11.3 Å². The molecular formula is C14H7IN2O5. The van der Waals surface area contributed by atoms with Gasteiger partial charge in [-0.05, 0) is 40.8 Å². The van der Waals surface area contributed by atoms with E-state index >= 15 is 0 Å². The number of aliphatic imine (C=N–C) groups is 1. The summed E-state index contributed by atoms with van der Waals surface area (Å²) in [4.78, 5) is 25.9. The summed E-state index contributed by atoms with van der Waals surface area (Å²) >= 11 is 2.11. The first kappa shape index (κ1) is 14.4. The highest BCUT2D eigenvalue weighted by Crippen LogP contribution is 2.24. The van der Waals surface area contributed by atoms with Gasteiger partial charge < -0.3 is 9.15 Å². The number of benzene rings is 1. The predicted octanol–water partition coefficient (Wildman–Crippen LogP) is 3.14. The Morgan fingerprint density at radius 3 is 2.68 bits per heavy atom. The molecule has 1 aliphatic heterocycles. The number of carbonyl (C=O) groups excluding carboxylic acids is 1. The number of nitrogens with zero attached hydrogens (tertiary/aromatic N) is 2. The van der Waals surface area contributed by atoms with Crippen LogP contribution in [-0.4, -0.2) is 16.8 Å². The quantitative estimate of drug-likeness (QED) is 0.255. The maximum atomic E-state index is 11.8. The average Bonchev–Trinajstić information content (AvgIpc) is 3.08. The third-order valence-electron chi connectivity index (χ3n) is 2.80. The van der Waals surface area contributed by atoms with Gasteiger partial charge in [-0.3, -0.25) is 10.1 Å². The lowest BCUT2D eigenvalue weighted by molar-refractivity contribution is -0.402. The summed E-state index contributed by atoms with van der Waals surface area (Å²) in [6.07, 6.45) is 1.30. The molecule has 0 aliphatic carbocycles. The van der Waals surface area contributed by atoms with E-state index in [0.29, 0.717) is 5.56 Å². The van der Waals surface area contributed by atoms with Gasteiger partial charge in [0.05, 0.1) is 11.6 Å². The molecule has 0 bridgehead atoms. The number of furan rings is 1. The number of esters is 1. The van der Waals surface area contributed by atoms with E-state index in [4.69, 9.17) is 9.15 Å². The third kappa shape index (κ3) is 2.77. The lowest BCUT2D eigenvalue weighted by atomic mass is 10.2. The first-order chi connectivity index (χ1) is 10.5. The molecule has 1 aromatic carbocycles. The van der Waals surface area contributed by atoms with Gasteiger partial charge in [-0.15, -0.1) is 0 Å². The second-order valence-electron chi connectivity index (χ2n) is 4.25. The van der Waals surface area contributed by atoms with Gasteiger partial charge in [0.2, 0.25) is 5.90 Å². The van der Waals surface area contributed by atoms with E-state index in [2.05, 4.69) is 27.6 Å². The van der Waals surface area contributed by atoms with Crippen molar-refractivity contribution < 1.29 is 18.9 Å². The van der Waals surface area contributed by atoms with E-state index in [0.717, 1.165) is 3.57 Å². The molecule has 7 nitrogen and oxygen atoms in total. The minimum Gasteiger partial charge on any atom is -0.402 e. The maximum absolute atomic E-state index is 11.8. The summed E-state index contributed by atoms with van der Waals surface area (Å²) in [5.74, 6) is -0.678. The molecule has 0 saturated heterocycles. The van der Waals surface area contributed by atoms with Crippen molar-refractivity contribution in [3.8, 4) is 0 Å². The van der Waals surface area contributed by atoms with Crippen LogP contribution in [0.2, 0.25) is 0 Å². The molecule has 110 valence electrons. The molecule has 2 aromatic rings. The van der Waals surface area contributed by atoms with Gasteiger partial charge in [0, 0.05) is 9.65 Å². The maximum Gasteiger partial charge on any atom is 0.433 e. The summed E-state index contributed by atoms with van der Waals surface area (Å²) in [6.45, 7) is 0. The van der Waals surface area contributed by atoms with Gasteiger partial charge in [0.1, 0.15) is 10.7 Å². The number of cyclic esters (lactones) is 1. The molecule has 0 fully saturated rings. The molecule has 0 amide bonds. The lowest BCUT2D eigenvalue weighted by Gasteiger charge is -2.01. The van der Waals surface area contributed by atoms with Crippen molar-refractivity contribution in [2.45, 2.75) is 0 Å². The molecule has 1 aromatic heterocycles. The van der Waals surface area contributed by atoms with Gasteiger partial charge in [0.15, 0.2) is 5.70 Å². The van der Waals surface area contributed by atoms with E-state index in [9.17, 15) is 14.9 Å². The molecule has 0 spiro atoms. The van der Waals surface area contributed by atoms with Crippen LogP contribution >= 0.6 is 22.6 Å². The van der Waals surface area contributed by atoms with E-state index in [1.54, 1.807) is 6.07 Å². The van der Waals surface area contributed by atoms with E-state index in [1.807, 2.05) is 18.2 Å². The summed E-state index contributed by atoms with van der Waals surface area (Å²) < 4.78 is 11.0. The molecule has 0 atom stereocenters. The second kappa shape index (κ2) is 5.72. The Bertz CT molecular complexity index is 837. The molecule has 22 heavy (non-hydrogen) atoms. The van der Waals surface area contributed by atoms with Crippen LogP contribution in [0.15, 0.2) is 51.5 Å². The minimum atomic E-state index is -0.657. The van der Waals surface area contributed by atoms with Crippen molar-refractivity contribution in [1.29, 1.82) is 0 Å². The first-order valence-electron chi connectivity index (χ1n) is 6.06. The van der Waals surface area contributed by atoms with Gasteiger partial charge >= 0.3 is 11.9 Å². The van der Waals surface area contributed by atoms with Crippen LogP contribution < -0.4 is 0 Å². The van der Waals surface area contributed by atoms with Crippen LogP contribution in [0.4, 0.5) is 5.88 Å². The number of nitro groups is 1. The van der Waals surface area contributed by atoms with Gasteiger partial charge in [-0.25, -0.2) is 9.79 Å². The molecule has 0 saturated carbocycles. The smallest absolute Gasteiger partial charge is 0.402 e. The fourth-order valence-electron chi connectivity index (χ4n) is 1.81. The van der Waals surface area contributed by atoms with Crippen LogP contribution in [0.5, 0.6) is 0 Å². The Kier molecular flexibility index (Phi) is 3.75. The molecule has 0 unspecified atom stereocenters. The largest absolute Gasteiger partial charge is 0.433 e. The fraction of sp³-hybridized carbons (Fsp3) is 0. The zero-order valence-electron chi connectivity index (χ0n) is 10.9. The summed E-state index contributed by atoms with van der Waals surface area (Å²) in [5.41, 5.74) is 0.726. The summed E-state index contributed by atoms with van der Waals surface area (Å²) in [5, 5.41) is 10.6. The highest BCUT2D eigenvalue weighted by atomic mass is 127.